The molecule has 2 aliphatic rings. The van der Waals surface area contributed by atoms with Gasteiger partial charge in [-0.05, 0) is 11.1 Å². The molecule has 1 aromatic rings. The van der Waals surface area contributed by atoms with E-state index in [1.807, 2.05) is 24.3 Å². The van der Waals surface area contributed by atoms with Crippen LogP contribution < -0.4 is 0 Å². The number of carbonyl (C=O) groups excluding carboxylic acids is 8. The van der Waals surface area contributed by atoms with Gasteiger partial charge in [-0.2, -0.15) is 0 Å². The third kappa shape index (κ3) is 16.2. The van der Waals surface area contributed by atoms with E-state index in [2.05, 4.69) is 0 Å². The summed E-state index contributed by atoms with van der Waals surface area (Å²) >= 11 is 0. The number of ether oxygens (including phenoxy) is 10. The van der Waals surface area contributed by atoms with Gasteiger partial charge in [-0.1, -0.05) is 67.4 Å². The molecule has 58 heavy (non-hydrogen) atoms. The van der Waals surface area contributed by atoms with Gasteiger partial charge in [0, 0.05) is 66.9 Å². The maximum absolute atomic E-state index is 12.1. The van der Waals surface area contributed by atoms with Crippen LogP contribution in [0.3, 0.4) is 0 Å². The molecular formula is C36H46O18S4. The Balaban J connectivity index is 1.70. The first-order chi connectivity index (χ1) is 27.3. The molecule has 2 saturated heterocycles. The minimum Gasteiger partial charge on any atom is -0.463 e. The van der Waals surface area contributed by atoms with E-state index in [1.54, 1.807) is 0 Å². The second-order valence-electron chi connectivity index (χ2n) is 12.7. The second-order valence-corrected chi connectivity index (χ2v) is 17.6. The van der Waals surface area contributed by atoms with Crippen LogP contribution in [0.5, 0.6) is 0 Å². The van der Waals surface area contributed by atoms with Crippen molar-refractivity contribution in [2.45, 2.75) is 127 Å². The van der Waals surface area contributed by atoms with Crippen molar-refractivity contribution in [1.82, 2.24) is 0 Å². The van der Waals surface area contributed by atoms with Gasteiger partial charge in [-0.25, -0.2) is 0 Å². The first kappa shape index (κ1) is 48.7. The molecule has 22 heteroatoms. The molecule has 0 bridgehead atoms. The van der Waals surface area contributed by atoms with Gasteiger partial charge in [0.1, 0.15) is 25.4 Å². The Hall–Kier alpha value is -3.70. The third-order valence-corrected chi connectivity index (χ3v) is 12.7. The fourth-order valence-corrected chi connectivity index (χ4v) is 10.6. The van der Waals surface area contributed by atoms with E-state index in [1.165, 1.54) is 70.9 Å². The highest BCUT2D eigenvalue weighted by molar-refractivity contribution is 8.76. The monoisotopic (exact) mass is 894 g/mol. The molecule has 2 heterocycles. The van der Waals surface area contributed by atoms with Crippen molar-refractivity contribution in [2.75, 3.05) is 13.2 Å². The van der Waals surface area contributed by atoms with Crippen LogP contribution >= 0.6 is 43.2 Å². The summed E-state index contributed by atoms with van der Waals surface area (Å²) in [6.45, 7) is 8.69. The predicted molar refractivity (Wildman–Crippen MR) is 208 cm³/mol. The van der Waals surface area contributed by atoms with E-state index in [-0.39, 0.29) is 13.2 Å². The van der Waals surface area contributed by atoms with E-state index in [9.17, 15) is 38.4 Å². The van der Waals surface area contributed by atoms with Gasteiger partial charge >= 0.3 is 47.8 Å². The Morgan fingerprint density at radius 3 is 0.983 bits per heavy atom. The van der Waals surface area contributed by atoms with Gasteiger partial charge in [-0.3, -0.25) is 38.4 Å². The molecule has 1 aromatic carbocycles. The van der Waals surface area contributed by atoms with Crippen LogP contribution in [0.4, 0.5) is 0 Å². The van der Waals surface area contributed by atoms with Crippen LogP contribution in [0.15, 0.2) is 24.3 Å². The molecular weight excluding hydrogens is 849 g/mol. The molecule has 0 N–H and O–H groups in total. The minimum atomic E-state index is -1.27. The van der Waals surface area contributed by atoms with Crippen LogP contribution in [-0.4, -0.2) is 121 Å². The molecule has 0 radical (unpaired) electrons. The highest BCUT2D eigenvalue weighted by Crippen LogP contribution is 2.42. The number of carbonyl (C=O) groups is 8. The van der Waals surface area contributed by atoms with E-state index in [0.717, 1.165) is 38.8 Å². The zero-order valence-electron chi connectivity index (χ0n) is 32.9. The smallest absolute Gasteiger partial charge is 0.303 e. The SMILES string of the molecule is CC(=O)OC[C@H]1O[C@@H](SSCc2ccc(CSS[C@@H]3O[C@H](COC(C)=O)[C@H](OC(C)=O)[C@H](OC(C)=O)[C@H]3OC(C)=O)cc2)[C@H](OC(C)=O)[C@@H](OC(C)=O)[C@H]1OC(C)=O. The quantitative estimate of drug-likeness (QED) is 0.116. The topological polar surface area (TPSA) is 229 Å². The van der Waals surface area contributed by atoms with Gasteiger partial charge in [0.05, 0.1) is 0 Å². The summed E-state index contributed by atoms with van der Waals surface area (Å²) in [5, 5.41) is 0. The van der Waals surface area contributed by atoms with Gasteiger partial charge in [0.25, 0.3) is 0 Å². The molecule has 0 saturated carbocycles. The first-order valence-electron chi connectivity index (χ1n) is 17.6. The summed E-state index contributed by atoms with van der Waals surface area (Å²) < 4.78 is 55.4. The first-order valence-corrected chi connectivity index (χ1v) is 22.4. The van der Waals surface area contributed by atoms with E-state index in [4.69, 9.17) is 47.4 Å². The van der Waals surface area contributed by atoms with Gasteiger partial charge in [0.2, 0.25) is 0 Å². The maximum atomic E-state index is 12.1. The molecule has 3 rings (SSSR count). The molecule has 0 aromatic heterocycles. The Bertz CT molecular complexity index is 1510. The summed E-state index contributed by atoms with van der Waals surface area (Å²) in [6.07, 6.45) is -9.50. The zero-order chi connectivity index (χ0) is 43.1. The molecule has 2 fully saturated rings. The van der Waals surface area contributed by atoms with Crippen molar-refractivity contribution in [1.29, 1.82) is 0 Å². The molecule has 0 unspecified atom stereocenters. The van der Waals surface area contributed by atoms with Crippen molar-refractivity contribution in [3.63, 3.8) is 0 Å². The highest BCUT2D eigenvalue weighted by atomic mass is 33.1. The van der Waals surface area contributed by atoms with Crippen LogP contribution in [0, 0.1) is 0 Å². The second kappa shape index (κ2) is 23.8. The van der Waals surface area contributed by atoms with Crippen molar-refractivity contribution >= 4 is 90.9 Å². The number of hydrogen-bond acceptors (Lipinski definition) is 22. The minimum absolute atomic E-state index is 0.328. The summed E-state index contributed by atoms with van der Waals surface area (Å²) in [6, 6.07) is 7.59. The molecule has 10 atom stereocenters. The van der Waals surface area contributed by atoms with E-state index >= 15 is 0 Å². The Morgan fingerprint density at radius 1 is 0.431 bits per heavy atom. The summed E-state index contributed by atoms with van der Waals surface area (Å²) in [4.78, 5) is 95.7. The number of benzene rings is 1. The third-order valence-electron chi connectivity index (χ3n) is 7.70. The highest BCUT2D eigenvalue weighted by Gasteiger charge is 2.54. The average molecular weight is 895 g/mol. The zero-order valence-corrected chi connectivity index (χ0v) is 36.2. The fraction of sp³-hybridized carbons (Fsp3) is 0.611. The van der Waals surface area contributed by atoms with E-state index in [0.29, 0.717) is 11.5 Å². The Kier molecular flexibility index (Phi) is 20.0. The van der Waals surface area contributed by atoms with Crippen LogP contribution in [0.2, 0.25) is 0 Å². The van der Waals surface area contributed by atoms with Crippen LogP contribution in [0.1, 0.15) is 66.5 Å². The molecule has 0 spiro atoms. The predicted octanol–water partition coefficient (Wildman–Crippen LogP) is 3.62. The maximum Gasteiger partial charge on any atom is 0.303 e. The van der Waals surface area contributed by atoms with Crippen LogP contribution in [0.25, 0.3) is 0 Å². The normalized spacial score (nSPS) is 26.6. The van der Waals surface area contributed by atoms with Gasteiger partial charge in [-0.15, -0.1) is 0 Å². The lowest BCUT2D eigenvalue weighted by atomic mass is 9.99. The Labute approximate surface area is 350 Å². The van der Waals surface area contributed by atoms with Gasteiger partial charge in [0.15, 0.2) is 47.5 Å². The number of rotatable bonds is 18. The molecule has 2 aliphatic heterocycles. The van der Waals surface area contributed by atoms with Crippen molar-refractivity contribution in [2.24, 2.45) is 0 Å². The number of hydrogen-bond donors (Lipinski definition) is 0. The van der Waals surface area contributed by atoms with Crippen LogP contribution in [-0.2, 0) is 97.2 Å². The lowest BCUT2D eigenvalue weighted by molar-refractivity contribution is -0.237. The summed E-state index contributed by atoms with van der Waals surface area (Å²) in [5.41, 5.74) is -0.0581. The molecule has 0 aliphatic carbocycles. The van der Waals surface area contributed by atoms with Crippen molar-refractivity contribution in [3.05, 3.63) is 35.4 Å². The number of esters is 8. The summed E-state index contributed by atoms with van der Waals surface area (Å²) in [7, 11) is 5.06. The lowest BCUT2D eigenvalue weighted by Gasteiger charge is -2.43. The molecule has 18 nitrogen and oxygen atoms in total. The van der Waals surface area contributed by atoms with Crippen molar-refractivity contribution < 1.29 is 85.7 Å². The lowest BCUT2D eigenvalue weighted by Crippen LogP contribution is -2.61. The standard InChI is InChI=1S/C36H46O18S4/c1-17(37)45-13-27-29(47-19(3)39)31(49-21(5)41)33(51-23(7)43)35(53-27)57-55-15-25-9-11-26(12-10-25)16-56-58-36-34(52-24(8)44)32(50-22(6)42)30(48-20(4)40)28(54-36)14-46-18(2)38/h9-12,27-36H,13-16H2,1-8H3/t27-,28-,29+,30+,31+,32+,33-,34-,35+,36+/m1/s1. The molecule has 0 amide bonds. The fourth-order valence-electron chi connectivity index (χ4n) is 5.60. The largest absolute Gasteiger partial charge is 0.463 e. The average Bonchev–Trinajstić information content (AvgIpc) is 3.10. The Morgan fingerprint density at radius 2 is 0.707 bits per heavy atom. The van der Waals surface area contributed by atoms with E-state index < -0.39 is 107 Å². The summed E-state index contributed by atoms with van der Waals surface area (Å²) in [5.74, 6) is -4.61. The van der Waals surface area contributed by atoms with Crippen molar-refractivity contribution in [3.8, 4) is 0 Å². The molecule has 322 valence electrons. The van der Waals surface area contributed by atoms with Gasteiger partial charge < -0.3 is 47.4 Å².